The maximum atomic E-state index is 13.1. The number of pyridine rings is 1. The molecular weight excluding hydrogens is 404 g/mol. The highest BCUT2D eigenvalue weighted by Gasteiger charge is 2.47. The number of aromatic nitrogens is 1. The first-order valence-electron chi connectivity index (χ1n) is 10.4. The molecule has 2 aromatic carbocycles. The molecule has 0 spiro atoms. The molecule has 1 aliphatic heterocycles. The first kappa shape index (κ1) is 21.3. The fourth-order valence-electron chi connectivity index (χ4n) is 3.87. The Labute approximate surface area is 186 Å². The van der Waals surface area contributed by atoms with E-state index in [1.54, 1.807) is 48.7 Å². The Balaban J connectivity index is 1.92. The second-order valence-electron chi connectivity index (χ2n) is 7.91. The highest BCUT2D eigenvalue weighted by molar-refractivity contribution is 6.51. The smallest absolute Gasteiger partial charge is 0.301 e. The Hall–Kier alpha value is -3.93. The molecule has 6 nitrogen and oxygen atoms in total. The Morgan fingerprint density at radius 1 is 1.03 bits per heavy atom. The van der Waals surface area contributed by atoms with E-state index in [1.807, 2.05) is 24.3 Å². The second kappa shape index (κ2) is 8.67. The summed E-state index contributed by atoms with van der Waals surface area (Å²) in [7, 11) is 1.52. The maximum Gasteiger partial charge on any atom is 0.301 e. The summed E-state index contributed by atoms with van der Waals surface area (Å²) in [6, 6.07) is 18.8. The van der Waals surface area contributed by atoms with Gasteiger partial charge in [0.05, 0.1) is 18.7 Å². The summed E-state index contributed by atoms with van der Waals surface area (Å²) >= 11 is 0. The van der Waals surface area contributed by atoms with Crippen molar-refractivity contribution in [2.75, 3.05) is 12.0 Å². The molecule has 1 N–H and O–H groups in total. The van der Waals surface area contributed by atoms with Crippen LogP contribution in [0.5, 0.6) is 5.75 Å². The lowest BCUT2D eigenvalue weighted by Gasteiger charge is -2.24. The van der Waals surface area contributed by atoms with Crippen LogP contribution in [0.1, 0.15) is 42.5 Å². The standard InChI is InChI=1S/C26H24N2O4/c1-16(2)17-10-12-18(13-11-17)23-22(24(29)19-7-6-8-20(15-19)32-3)25(30)26(31)28(23)21-9-4-5-14-27-21/h4-16,23,29H,1-3H3/b24-22+/t23-/m0/s1. The van der Waals surface area contributed by atoms with Crippen molar-refractivity contribution in [1.82, 2.24) is 4.98 Å². The highest BCUT2D eigenvalue weighted by atomic mass is 16.5. The molecular formula is C26H24N2O4. The van der Waals surface area contributed by atoms with E-state index in [0.29, 0.717) is 28.6 Å². The molecule has 1 amide bonds. The number of anilines is 1. The molecule has 4 rings (SSSR count). The Morgan fingerprint density at radius 3 is 2.41 bits per heavy atom. The molecule has 1 atom stereocenters. The van der Waals surface area contributed by atoms with Crippen LogP contribution in [0.15, 0.2) is 78.5 Å². The van der Waals surface area contributed by atoms with Gasteiger partial charge in [0.2, 0.25) is 0 Å². The van der Waals surface area contributed by atoms with E-state index in [4.69, 9.17) is 4.74 Å². The molecule has 2 heterocycles. The number of methoxy groups -OCH3 is 1. The minimum Gasteiger partial charge on any atom is -0.507 e. The van der Waals surface area contributed by atoms with Crippen LogP contribution in [0.2, 0.25) is 0 Å². The lowest BCUT2D eigenvalue weighted by Crippen LogP contribution is -2.30. The molecule has 6 heteroatoms. The summed E-state index contributed by atoms with van der Waals surface area (Å²) in [4.78, 5) is 31.9. The van der Waals surface area contributed by atoms with Gasteiger partial charge in [-0.1, -0.05) is 56.3 Å². The van der Waals surface area contributed by atoms with Gasteiger partial charge in [0, 0.05) is 11.8 Å². The van der Waals surface area contributed by atoms with Crippen LogP contribution in [-0.4, -0.2) is 28.9 Å². The Kier molecular flexibility index (Phi) is 5.77. The second-order valence-corrected chi connectivity index (χ2v) is 7.91. The minimum atomic E-state index is -0.808. The van der Waals surface area contributed by atoms with Gasteiger partial charge in [0.1, 0.15) is 17.3 Å². The highest BCUT2D eigenvalue weighted by Crippen LogP contribution is 2.42. The van der Waals surface area contributed by atoms with Gasteiger partial charge >= 0.3 is 5.91 Å². The van der Waals surface area contributed by atoms with Crippen molar-refractivity contribution in [2.24, 2.45) is 0 Å². The average molecular weight is 428 g/mol. The van der Waals surface area contributed by atoms with E-state index >= 15 is 0 Å². The molecule has 32 heavy (non-hydrogen) atoms. The van der Waals surface area contributed by atoms with Gasteiger partial charge in [-0.2, -0.15) is 0 Å². The number of rotatable bonds is 5. The fraction of sp³-hybridized carbons (Fsp3) is 0.192. The largest absolute Gasteiger partial charge is 0.507 e. The van der Waals surface area contributed by atoms with Crippen molar-refractivity contribution in [3.63, 3.8) is 0 Å². The number of benzene rings is 2. The van der Waals surface area contributed by atoms with Gasteiger partial charge in [-0.15, -0.1) is 0 Å². The van der Waals surface area contributed by atoms with Crippen LogP contribution in [0.25, 0.3) is 5.76 Å². The van der Waals surface area contributed by atoms with E-state index in [0.717, 1.165) is 5.56 Å². The van der Waals surface area contributed by atoms with Crippen LogP contribution in [-0.2, 0) is 9.59 Å². The maximum absolute atomic E-state index is 13.1. The van der Waals surface area contributed by atoms with Gasteiger partial charge in [-0.3, -0.25) is 14.5 Å². The number of nitrogens with zero attached hydrogens (tertiary/aromatic N) is 2. The molecule has 0 saturated carbocycles. The Morgan fingerprint density at radius 2 is 1.78 bits per heavy atom. The minimum absolute atomic E-state index is 0.0196. The summed E-state index contributed by atoms with van der Waals surface area (Å²) in [6.45, 7) is 4.19. The van der Waals surface area contributed by atoms with Crippen LogP contribution in [0.3, 0.4) is 0 Å². The zero-order valence-corrected chi connectivity index (χ0v) is 18.1. The molecule has 0 bridgehead atoms. The van der Waals surface area contributed by atoms with E-state index in [-0.39, 0.29) is 11.3 Å². The molecule has 0 radical (unpaired) electrons. The first-order valence-corrected chi connectivity index (χ1v) is 10.4. The van der Waals surface area contributed by atoms with Crippen molar-refractivity contribution in [2.45, 2.75) is 25.8 Å². The number of ether oxygens (including phenoxy) is 1. The summed E-state index contributed by atoms with van der Waals surface area (Å²) < 4.78 is 5.25. The number of hydrogen-bond acceptors (Lipinski definition) is 5. The molecule has 3 aromatic rings. The van der Waals surface area contributed by atoms with Gasteiger partial charge in [0.15, 0.2) is 0 Å². The third-order valence-electron chi connectivity index (χ3n) is 5.60. The monoisotopic (exact) mass is 428 g/mol. The number of amides is 1. The van der Waals surface area contributed by atoms with Crippen LogP contribution >= 0.6 is 0 Å². The summed E-state index contributed by atoms with van der Waals surface area (Å²) in [6.07, 6.45) is 1.57. The fourth-order valence-corrected chi connectivity index (χ4v) is 3.87. The zero-order chi connectivity index (χ0) is 22.8. The first-order chi connectivity index (χ1) is 15.4. The normalized spacial score (nSPS) is 17.8. The van der Waals surface area contributed by atoms with Crippen LogP contribution < -0.4 is 9.64 Å². The van der Waals surface area contributed by atoms with Gasteiger partial charge in [-0.05, 0) is 41.3 Å². The number of carbonyl (C=O) groups is 2. The van der Waals surface area contributed by atoms with Crippen LogP contribution in [0.4, 0.5) is 5.82 Å². The molecule has 162 valence electrons. The lowest BCUT2D eigenvalue weighted by atomic mass is 9.93. The van der Waals surface area contributed by atoms with E-state index in [1.165, 1.54) is 12.0 Å². The topological polar surface area (TPSA) is 79.7 Å². The Bertz CT molecular complexity index is 1180. The van der Waals surface area contributed by atoms with E-state index in [9.17, 15) is 14.7 Å². The number of hydrogen-bond donors (Lipinski definition) is 1. The SMILES string of the molecule is COc1cccc(/C(O)=C2\C(=O)C(=O)N(c3ccccn3)[C@H]2c2ccc(C(C)C)cc2)c1. The van der Waals surface area contributed by atoms with Crippen molar-refractivity contribution < 1.29 is 19.4 Å². The van der Waals surface area contributed by atoms with Crippen molar-refractivity contribution in [1.29, 1.82) is 0 Å². The molecule has 1 aromatic heterocycles. The molecule has 0 aliphatic carbocycles. The summed E-state index contributed by atoms with van der Waals surface area (Å²) in [5.74, 6) is -0.523. The number of aliphatic hydroxyl groups is 1. The molecule has 1 saturated heterocycles. The van der Waals surface area contributed by atoms with E-state index < -0.39 is 17.7 Å². The van der Waals surface area contributed by atoms with Crippen molar-refractivity contribution >= 4 is 23.3 Å². The van der Waals surface area contributed by atoms with Gasteiger partial charge < -0.3 is 9.84 Å². The van der Waals surface area contributed by atoms with Gasteiger partial charge in [0.25, 0.3) is 5.78 Å². The van der Waals surface area contributed by atoms with E-state index in [2.05, 4.69) is 18.8 Å². The molecule has 0 unspecified atom stereocenters. The van der Waals surface area contributed by atoms with Crippen molar-refractivity contribution in [3.8, 4) is 5.75 Å². The van der Waals surface area contributed by atoms with Gasteiger partial charge in [-0.25, -0.2) is 4.98 Å². The number of carbonyl (C=O) groups excluding carboxylic acids is 2. The van der Waals surface area contributed by atoms with Crippen molar-refractivity contribution in [3.05, 3.63) is 95.2 Å². The van der Waals surface area contributed by atoms with Crippen LogP contribution in [0, 0.1) is 0 Å². The number of aliphatic hydroxyl groups excluding tert-OH is 1. The number of ketones is 1. The summed E-state index contributed by atoms with van der Waals surface area (Å²) in [5, 5.41) is 11.2. The zero-order valence-electron chi connectivity index (χ0n) is 18.1. The number of Topliss-reactive ketones (excluding diaryl/α,β-unsaturated/α-hetero) is 1. The predicted octanol–water partition coefficient (Wildman–Crippen LogP) is 4.84. The third kappa shape index (κ3) is 3.75. The lowest BCUT2D eigenvalue weighted by molar-refractivity contribution is -0.132. The predicted molar refractivity (Wildman–Crippen MR) is 123 cm³/mol. The summed E-state index contributed by atoms with van der Waals surface area (Å²) in [5.41, 5.74) is 2.26. The third-order valence-corrected chi connectivity index (χ3v) is 5.60. The molecule has 1 aliphatic rings. The average Bonchev–Trinajstić information content (AvgIpc) is 3.09. The molecule has 1 fully saturated rings. The quantitative estimate of drug-likeness (QED) is 0.357.